The molecule has 0 saturated carbocycles. The molecule has 0 heterocycles. The number of hydrazone groups is 1. The van der Waals surface area contributed by atoms with E-state index in [1.165, 1.54) is 19.2 Å². The molecule has 0 saturated heterocycles. The lowest BCUT2D eigenvalue weighted by Crippen LogP contribution is -1.99. The number of rotatable bonds is 2. The third-order valence-electron chi connectivity index (χ3n) is 2.17. The molecule has 0 fully saturated rings. The Hall–Kier alpha value is -2.11. The fraction of sp³-hybridized carbons (Fsp3) is 0.222. The van der Waals surface area contributed by atoms with E-state index in [0.717, 1.165) is 0 Å². The largest absolute Gasteiger partial charge is 0.507 e. The van der Waals surface area contributed by atoms with Crippen molar-refractivity contribution in [2.75, 3.05) is 0 Å². The molecule has 3 N–H and O–H groups in total. The molecule has 0 aliphatic rings. The Morgan fingerprint density at radius 2 is 2.20 bits per heavy atom. The van der Waals surface area contributed by atoms with E-state index in [2.05, 4.69) is 5.10 Å². The maximum atomic E-state index is 10.7. The first-order valence-corrected chi connectivity index (χ1v) is 4.19. The molecule has 1 aromatic carbocycles. The van der Waals surface area contributed by atoms with Crippen molar-refractivity contribution in [2.45, 2.75) is 13.8 Å². The first-order valence-electron chi connectivity index (χ1n) is 4.19. The van der Waals surface area contributed by atoms with E-state index in [1.807, 2.05) is 0 Å². The first kappa shape index (κ1) is 11.0. The van der Waals surface area contributed by atoms with Crippen LogP contribution in [-0.2, 0) is 0 Å². The molecule has 0 spiro atoms. The normalized spacial score (nSPS) is 10.8. The molecular formula is C9H11N3O3. The Labute approximate surface area is 86.2 Å². The average Bonchev–Trinajstić information content (AvgIpc) is 2.18. The van der Waals surface area contributed by atoms with E-state index in [0.29, 0.717) is 11.1 Å². The molecule has 0 bridgehead atoms. The zero-order valence-electron chi connectivity index (χ0n) is 8.39. The van der Waals surface area contributed by atoms with Crippen LogP contribution in [0.5, 0.6) is 5.75 Å². The monoisotopic (exact) mass is 209 g/mol. The highest BCUT2D eigenvalue weighted by atomic mass is 16.6. The molecule has 6 heteroatoms. The Bertz CT molecular complexity index is 441. The van der Waals surface area contributed by atoms with Gasteiger partial charge in [0, 0.05) is 17.2 Å². The van der Waals surface area contributed by atoms with Gasteiger partial charge >= 0.3 is 0 Å². The Kier molecular flexibility index (Phi) is 2.89. The highest BCUT2D eigenvalue weighted by molar-refractivity contribution is 5.87. The van der Waals surface area contributed by atoms with Crippen LogP contribution in [0.1, 0.15) is 16.7 Å². The van der Waals surface area contributed by atoms with Crippen LogP contribution in [0.2, 0.25) is 0 Å². The molecule has 1 aromatic rings. The summed E-state index contributed by atoms with van der Waals surface area (Å²) in [5.74, 6) is 4.93. The predicted octanol–water partition coefficient (Wildman–Crippen LogP) is 1.21. The van der Waals surface area contributed by atoms with Crippen molar-refractivity contribution < 1.29 is 10.0 Å². The van der Waals surface area contributed by atoms with Crippen molar-refractivity contribution in [3.63, 3.8) is 0 Å². The second kappa shape index (κ2) is 3.95. The molecule has 0 aliphatic carbocycles. The zero-order valence-corrected chi connectivity index (χ0v) is 8.39. The average molecular weight is 209 g/mol. The van der Waals surface area contributed by atoms with E-state index in [9.17, 15) is 15.2 Å². The minimum absolute atomic E-state index is 0.0349. The third kappa shape index (κ3) is 1.88. The van der Waals surface area contributed by atoms with Gasteiger partial charge in [-0.25, -0.2) is 0 Å². The number of hydrogen-bond donors (Lipinski definition) is 2. The Morgan fingerprint density at radius 1 is 1.60 bits per heavy atom. The summed E-state index contributed by atoms with van der Waals surface area (Å²) in [5.41, 5.74) is 0.990. The van der Waals surface area contributed by atoms with Crippen LogP contribution in [0.3, 0.4) is 0 Å². The Balaban J connectivity index is 3.55. The van der Waals surface area contributed by atoms with Gasteiger partial charge in [0.1, 0.15) is 5.75 Å². The van der Waals surface area contributed by atoms with Gasteiger partial charge in [-0.2, -0.15) is 5.10 Å². The molecule has 15 heavy (non-hydrogen) atoms. The lowest BCUT2D eigenvalue weighted by molar-refractivity contribution is -0.385. The second-order valence-electron chi connectivity index (χ2n) is 3.14. The van der Waals surface area contributed by atoms with Crippen molar-refractivity contribution in [3.05, 3.63) is 32.9 Å². The highest BCUT2D eigenvalue weighted by Crippen LogP contribution is 2.31. The quantitative estimate of drug-likeness (QED) is 0.330. The van der Waals surface area contributed by atoms with Gasteiger partial charge in [0.2, 0.25) is 0 Å². The number of benzene rings is 1. The predicted molar refractivity (Wildman–Crippen MR) is 56.0 cm³/mol. The number of nitro groups is 1. The number of nitro benzene ring substituents is 1. The number of nitrogens with zero attached hydrogens (tertiary/aromatic N) is 2. The molecule has 0 amide bonds. The van der Waals surface area contributed by atoms with Crippen LogP contribution in [0.15, 0.2) is 11.2 Å². The number of phenols is 1. The van der Waals surface area contributed by atoms with Crippen molar-refractivity contribution in [3.8, 4) is 5.75 Å². The minimum atomic E-state index is -0.504. The summed E-state index contributed by atoms with van der Waals surface area (Å²) >= 11 is 0. The molecule has 80 valence electrons. The molecule has 0 aliphatic heterocycles. The second-order valence-corrected chi connectivity index (χ2v) is 3.14. The number of aryl methyl sites for hydroxylation is 1. The van der Waals surface area contributed by atoms with Gasteiger partial charge in [0.05, 0.1) is 11.1 Å². The van der Waals surface area contributed by atoms with Crippen LogP contribution in [-0.4, -0.2) is 16.2 Å². The van der Waals surface area contributed by atoms with E-state index >= 15 is 0 Å². The molecular weight excluding hydrogens is 198 g/mol. The van der Waals surface area contributed by atoms with Gasteiger partial charge in [0.25, 0.3) is 5.69 Å². The van der Waals surface area contributed by atoms with Gasteiger partial charge in [-0.15, -0.1) is 0 Å². The van der Waals surface area contributed by atoms with Crippen molar-refractivity contribution in [1.82, 2.24) is 0 Å². The molecule has 0 atom stereocenters. The van der Waals surface area contributed by atoms with E-state index < -0.39 is 4.92 Å². The summed E-state index contributed by atoms with van der Waals surface area (Å²) in [4.78, 5) is 10.2. The number of nitrogens with two attached hydrogens (primary N) is 1. The zero-order chi connectivity index (χ0) is 11.6. The van der Waals surface area contributed by atoms with Gasteiger partial charge < -0.3 is 10.9 Å². The van der Waals surface area contributed by atoms with Crippen molar-refractivity contribution >= 4 is 11.9 Å². The lowest BCUT2D eigenvalue weighted by Gasteiger charge is -2.06. The van der Waals surface area contributed by atoms with E-state index in [4.69, 9.17) is 5.84 Å². The summed E-state index contributed by atoms with van der Waals surface area (Å²) < 4.78 is 0. The third-order valence-corrected chi connectivity index (χ3v) is 2.17. The number of aromatic hydroxyl groups is 1. The fourth-order valence-electron chi connectivity index (χ4n) is 1.33. The van der Waals surface area contributed by atoms with Crippen molar-refractivity contribution in [1.29, 1.82) is 0 Å². The molecule has 1 rings (SSSR count). The topological polar surface area (TPSA) is 102 Å². The van der Waals surface area contributed by atoms with Gasteiger partial charge in [-0.3, -0.25) is 10.1 Å². The van der Waals surface area contributed by atoms with Crippen LogP contribution in [0, 0.1) is 24.0 Å². The van der Waals surface area contributed by atoms with Crippen LogP contribution in [0.25, 0.3) is 0 Å². The summed E-state index contributed by atoms with van der Waals surface area (Å²) in [7, 11) is 0. The van der Waals surface area contributed by atoms with Crippen LogP contribution in [0.4, 0.5) is 5.69 Å². The SMILES string of the molecule is Cc1cc([N+](=O)[O-])c(C)c(C=NN)c1O. The standard InChI is InChI=1S/C9H11N3O3/c1-5-3-8(12(14)15)6(2)7(4-11-10)9(5)13/h3-4,13H,10H2,1-2H3. The summed E-state index contributed by atoms with van der Waals surface area (Å²) in [6.45, 7) is 3.12. The Morgan fingerprint density at radius 3 is 2.67 bits per heavy atom. The lowest BCUT2D eigenvalue weighted by atomic mass is 10.0. The maximum Gasteiger partial charge on any atom is 0.273 e. The smallest absolute Gasteiger partial charge is 0.273 e. The van der Waals surface area contributed by atoms with E-state index in [1.54, 1.807) is 6.92 Å². The van der Waals surface area contributed by atoms with Gasteiger partial charge in [0.15, 0.2) is 0 Å². The number of phenolic OH excluding ortho intramolecular Hbond substituents is 1. The number of hydrogen-bond acceptors (Lipinski definition) is 5. The summed E-state index contributed by atoms with van der Waals surface area (Å²) in [6, 6.07) is 1.32. The molecule has 0 radical (unpaired) electrons. The maximum absolute atomic E-state index is 10.7. The summed E-state index contributed by atoms with van der Waals surface area (Å²) in [6.07, 6.45) is 1.20. The minimum Gasteiger partial charge on any atom is -0.507 e. The first-order chi connectivity index (χ1) is 6.99. The van der Waals surface area contributed by atoms with E-state index in [-0.39, 0.29) is 17.0 Å². The van der Waals surface area contributed by atoms with Gasteiger partial charge in [-0.05, 0) is 19.4 Å². The fourth-order valence-corrected chi connectivity index (χ4v) is 1.33. The molecule has 6 nitrogen and oxygen atoms in total. The van der Waals surface area contributed by atoms with Gasteiger partial charge in [-0.1, -0.05) is 0 Å². The highest BCUT2D eigenvalue weighted by Gasteiger charge is 2.18. The molecule has 0 unspecified atom stereocenters. The van der Waals surface area contributed by atoms with Crippen LogP contribution >= 0.6 is 0 Å². The molecule has 0 aromatic heterocycles. The van der Waals surface area contributed by atoms with Crippen molar-refractivity contribution in [2.24, 2.45) is 10.9 Å². The van der Waals surface area contributed by atoms with Crippen LogP contribution < -0.4 is 5.84 Å². The summed E-state index contributed by atoms with van der Waals surface area (Å²) in [5, 5.41) is 23.6.